The Bertz CT molecular complexity index is 684. The minimum Gasteiger partial charge on any atom is -0.487 e. The number of ether oxygens (including phenoxy) is 1. The Labute approximate surface area is 124 Å². The Morgan fingerprint density at radius 1 is 1.24 bits per heavy atom. The van der Waals surface area contributed by atoms with E-state index < -0.39 is 10.9 Å². The van der Waals surface area contributed by atoms with Gasteiger partial charge in [0.25, 0.3) is 5.69 Å². The molecule has 0 bridgehead atoms. The Balaban J connectivity index is 2.06. The summed E-state index contributed by atoms with van der Waals surface area (Å²) < 4.78 is 5.46. The molecule has 2 aromatic carbocycles. The zero-order chi connectivity index (χ0) is 15.4. The third kappa shape index (κ3) is 3.70. The fourth-order valence-corrected chi connectivity index (χ4v) is 1.85. The molecular formula is C14H10ClNO5. The fourth-order valence-electron chi connectivity index (χ4n) is 1.63. The number of aromatic carboxylic acids is 1. The normalized spacial score (nSPS) is 10.1. The number of hydrogen-bond acceptors (Lipinski definition) is 4. The predicted molar refractivity (Wildman–Crippen MR) is 75.8 cm³/mol. The van der Waals surface area contributed by atoms with Crippen molar-refractivity contribution < 1.29 is 19.6 Å². The van der Waals surface area contributed by atoms with Crippen molar-refractivity contribution in [1.29, 1.82) is 0 Å². The molecule has 2 aromatic rings. The number of carboxylic acid groups (broad SMARTS) is 1. The van der Waals surface area contributed by atoms with Crippen molar-refractivity contribution in [2.75, 3.05) is 0 Å². The maximum atomic E-state index is 10.7. The molecule has 0 spiro atoms. The Kier molecular flexibility index (Phi) is 4.39. The molecule has 0 saturated carbocycles. The number of carboxylic acids is 1. The van der Waals surface area contributed by atoms with E-state index in [2.05, 4.69) is 0 Å². The molecule has 0 saturated heterocycles. The van der Waals surface area contributed by atoms with E-state index in [1.165, 1.54) is 30.3 Å². The van der Waals surface area contributed by atoms with Gasteiger partial charge in [-0.2, -0.15) is 0 Å². The number of rotatable bonds is 5. The zero-order valence-electron chi connectivity index (χ0n) is 10.7. The van der Waals surface area contributed by atoms with Gasteiger partial charge >= 0.3 is 5.97 Å². The van der Waals surface area contributed by atoms with Gasteiger partial charge in [0, 0.05) is 12.1 Å². The molecule has 21 heavy (non-hydrogen) atoms. The van der Waals surface area contributed by atoms with Crippen molar-refractivity contribution in [2.24, 2.45) is 0 Å². The van der Waals surface area contributed by atoms with Crippen molar-refractivity contribution in [1.82, 2.24) is 0 Å². The van der Waals surface area contributed by atoms with Crippen molar-refractivity contribution in [3.63, 3.8) is 0 Å². The summed E-state index contributed by atoms with van der Waals surface area (Å²) in [5.41, 5.74) is 0.833. The third-order valence-corrected chi connectivity index (χ3v) is 3.02. The van der Waals surface area contributed by atoms with Gasteiger partial charge in [-0.05, 0) is 23.8 Å². The van der Waals surface area contributed by atoms with Gasteiger partial charge in [-0.25, -0.2) is 4.79 Å². The molecule has 0 unspecified atom stereocenters. The number of nitro groups is 1. The van der Waals surface area contributed by atoms with Crippen LogP contribution in [0.15, 0.2) is 42.5 Å². The highest BCUT2D eigenvalue weighted by Crippen LogP contribution is 2.29. The van der Waals surface area contributed by atoms with E-state index in [0.29, 0.717) is 5.75 Å². The second kappa shape index (κ2) is 6.23. The number of nitrogens with zero attached hydrogens (tertiary/aromatic N) is 1. The molecule has 7 heteroatoms. The van der Waals surface area contributed by atoms with Gasteiger partial charge < -0.3 is 9.84 Å². The predicted octanol–water partition coefficient (Wildman–Crippen LogP) is 3.53. The summed E-state index contributed by atoms with van der Waals surface area (Å²) in [6.07, 6.45) is 0. The highest BCUT2D eigenvalue weighted by molar-refractivity contribution is 6.32. The van der Waals surface area contributed by atoms with Crippen LogP contribution in [0.3, 0.4) is 0 Å². The monoisotopic (exact) mass is 307 g/mol. The minimum atomic E-state index is -0.999. The number of carbonyl (C=O) groups is 1. The smallest absolute Gasteiger partial charge is 0.335 e. The summed E-state index contributed by atoms with van der Waals surface area (Å²) in [6.45, 7) is 0.178. The molecule has 0 fully saturated rings. The summed E-state index contributed by atoms with van der Waals surface area (Å²) >= 11 is 5.90. The molecule has 0 heterocycles. The van der Waals surface area contributed by atoms with Gasteiger partial charge in [-0.1, -0.05) is 23.7 Å². The molecule has 0 aliphatic carbocycles. The topological polar surface area (TPSA) is 89.7 Å². The Hall–Kier alpha value is -2.60. The molecule has 0 aliphatic heterocycles. The van der Waals surface area contributed by atoms with Gasteiger partial charge in [0.1, 0.15) is 12.4 Å². The summed E-state index contributed by atoms with van der Waals surface area (Å²) in [5.74, 6) is -0.676. The van der Waals surface area contributed by atoms with E-state index in [4.69, 9.17) is 21.4 Å². The molecule has 0 aromatic heterocycles. The van der Waals surface area contributed by atoms with Crippen LogP contribution in [0.5, 0.6) is 5.75 Å². The van der Waals surface area contributed by atoms with Gasteiger partial charge in [-0.15, -0.1) is 0 Å². The molecule has 0 atom stereocenters. The first-order chi connectivity index (χ1) is 9.97. The minimum absolute atomic E-state index is 0.113. The number of non-ortho nitro benzene ring substituents is 1. The van der Waals surface area contributed by atoms with E-state index in [1.807, 2.05) is 0 Å². The first kappa shape index (κ1) is 14.8. The average molecular weight is 308 g/mol. The highest BCUT2D eigenvalue weighted by atomic mass is 35.5. The van der Waals surface area contributed by atoms with Crippen molar-refractivity contribution in [3.8, 4) is 5.75 Å². The summed E-state index contributed by atoms with van der Waals surface area (Å²) in [4.78, 5) is 20.8. The summed E-state index contributed by atoms with van der Waals surface area (Å²) in [5, 5.41) is 19.5. The van der Waals surface area contributed by atoms with E-state index in [1.54, 1.807) is 12.1 Å². The second-order valence-corrected chi connectivity index (χ2v) is 4.57. The molecule has 2 rings (SSSR count). The van der Waals surface area contributed by atoms with Crippen molar-refractivity contribution in [2.45, 2.75) is 6.61 Å². The molecule has 1 N–H and O–H groups in total. The van der Waals surface area contributed by atoms with Crippen LogP contribution in [0.2, 0.25) is 5.02 Å². The maximum Gasteiger partial charge on any atom is 0.335 e. The fraction of sp³-hybridized carbons (Fsp3) is 0.0714. The lowest BCUT2D eigenvalue weighted by Gasteiger charge is -2.08. The molecule has 0 aliphatic rings. The van der Waals surface area contributed by atoms with Crippen LogP contribution in [0.4, 0.5) is 5.69 Å². The Morgan fingerprint density at radius 3 is 2.43 bits per heavy atom. The molecule has 6 nitrogen and oxygen atoms in total. The number of nitro benzene ring substituents is 1. The standard InChI is InChI=1S/C14H10ClNO5/c15-12-7-11(16(19)20)5-6-13(12)21-8-9-1-3-10(4-2-9)14(17)18/h1-7H,8H2,(H,17,18). The van der Waals surface area contributed by atoms with Crippen LogP contribution in [0, 0.1) is 10.1 Å². The first-order valence-corrected chi connectivity index (χ1v) is 6.24. The lowest BCUT2D eigenvalue weighted by atomic mass is 10.1. The second-order valence-electron chi connectivity index (χ2n) is 4.16. The molecule has 0 radical (unpaired) electrons. The molecule has 108 valence electrons. The van der Waals surface area contributed by atoms with Crippen LogP contribution in [0.25, 0.3) is 0 Å². The molecular weight excluding hydrogens is 298 g/mol. The van der Waals surface area contributed by atoms with Gasteiger partial charge in [0.2, 0.25) is 0 Å². The average Bonchev–Trinajstić information content (AvgIpc) is 2.46. The van der Waals surface area contributed by atoms with Crippen LogP contribution < -0.4 is 4.74 Å². The van der Waals surface area contributed by atoms with E-state index in [0.717, 1.165) is 5.56 Å². The lowest BCUT2D eigenvalue weighted by Crippen LogP contribution is -1.99. The van der Waals surface area contributed by atoms with Crippen LogP contribution in [-0.2, 0) is 6.61 Å². The van der Waals surface area contributed by atoms with Crippen molar-refractivity contribution in [3.05, 3.63) is 68.7 Å². The summed E-state index contributed by atoms with van der Waals surface area (Å²) in [7, 11) is 0. The zero-order valence-corrected chi connectivity index (χ0v) is 11.4. The summed E-state index contributed by atoms with van der Waals surface area (Å²) in [6, 6.07) is 10.1. The number of benzene rings is 2. The largest absolute Gasteiger partial charge is 0.487 e. The number of hydrogen-bond donors (Lipinski definition) is 1. The van der Waals surface area contributed by atoms with Crippen LogP contribution in [0.1, 0.15) is 15.9 Å². The van der Waals surface area contributed by atoms with E-state index in [-0.39, 0.29) is 22.9 Å². The highest BCUT2D eigenvalue weighted by Gasteiger charge is 2.10. The van der Waals surface area contributed by atoms with Crippen LogP contribution >= 0.6 is 11.6 Å². The SMILES string of the molecule is O=C(O)c1ccc(COc2ccc([N+](=O)[O-])cc2Cl)cc1. The Morgan fingerprint density at radius 2 is 1.90 bits per heavy atom. The van der Waals surface area contributed by atoms with Crippen LogP contribution in [-0.4, -0.2) is 16.0 Å². The van der Waals surface area contributed by atoms with Gasteiger partial charge in [-0.3, -0.25) is 10.1 Å². The first-order valence-electron chi connectivity index (χ1n) is 5.86. The quantitative estimate of drug-likeness (QED) is 0.674. The maximum absolute atomic E-state index is 10.7. The third-order valence-electron chi connectivity index (χ3n) is 2.72. The number of halogens is 1. The lowest BCUT2D eigenvalue weighted by molar-refractivity contribution is -0.384. The van der Waals surface area contributed by atoms with Gasteiger partial charge in [0.05, 0.1) is 15.5 Å². The van der Waals surface area contributed by atoms with Gasteiger partial charge in [0.15, 0.2) is 0 Å². The van der Waals surface area contributed by atoms with E-state index >= 15 is 0 Å². The van der Waals surface area contributed by atoms with Crippen molar-refractivity contribution >= 4 is 23.3 Å². The van der Waals surface area contributed by atoms with E-state index in [9.17, 15) is 14.9 Å². The molecule has 0 amide bonds.